The van der Waals surface area contributed by atoms with Crippen molar-refractivity contribution < 1.29 is 23.9 Å². The molecule has 0 radical (unpaired) electrons. The van der Waals surface area contributed by atoms with E-state index in [4.69, 9.17) is 22.1 Å². The highest BCUT2D eigenvalue weighted by molar-refractivity contribution is 6.42. The Kier molecular flexibility index (Phi) is 10.8. The maximum absolute atomic E-state index is 13.2. The van der Waals surface area contributed by atoms with Gasteiger partial charge in [0.15, 0.2) is 12.4 Å². The number of rotatable bonds is 10. The van der Waals surface area contributed by atoms with Gasteiger partial charge in [0.05, 0.1) is 17.2 Å². The predicted molar refractivity (Wildman–Crippen MR) is 208 cm³/mol. The molecule has 0 bridgehead atoms. The summed E-state index contributed by atoms with van der Waals surface area (Å²) < 4.78 is 6.98. The summed E-state index contributed by atoms with van der Waals surface area (Å²) in [6.07, 6.45) is 9.72. The number of imide groups is 1. The largest absolute Gasteiger partial charge is 0.478 e. The van der Waals surface area contributed by atoms with E-state index in [2.05, 4.69) is 43.7 Å². The first-order valence-electron chi connectivity index (χ1n) is 18.8. The zero-order valence-corrected chi connectivity index (χ0v) is 32.2. The van der Waals surface area contributed by atoms with Gasteiger partial charge in [-0.25, -0.2) is 0 Å². The molecule has 1 aromatic heterocycles. The van der Waals surface area contributed by atoms with Gasteiger partial charge < -0.3 is 35.5 Å². The molecular weight excluding hydrogens is 726 g/mol. The number of hydrogen-bond donors (Lipinski definition) is 4. The van der Waals surface area contributed by atoms with Crippen LogP contribution in [0.2, 0.25) is 0 Å². The Morgan fingerprint density at radius 2 is 1.91 bits per heavy atom. The molecule has 3 fully saturated rings. The third-order valence-corrected chi connectivity index (χ3v) is 12.1. The van der Waals surface area contributed by atoms with Gasteiger partial charge in [0.2, 0.25) is 11.8 Å². The number of hydrogen-bond acceptors (Lipinski definition) is 10. The topological polar surface area (TPSA) is 184 Å². The van der Waals surface area contributed by atoms with E-state index in [0.717, 1.165) is 67.9 Å². The fraction of sp³-hybridized carbons (Fsp3) is 0.487. The lowest BCUT2D eigenvalue weighted by Gasteiger charge is -2.41. The summed E-state index contributed by atoms with van der Waals surface area (Å²) in [5, 5.41) is 8.54. The molecule has 4 amide bonds. The van der Waals surface area contributed by atoms with E-state index in [1.165, 1.54) is 11.6 Å². The number of fused-ring (bicyclic) bond motifs is 2. The van der Waals surface area contributed by atoms with Crippen molar-refractivity contribution >= 4 is 52.8 Å². The number of ether oxygens (including phenoxy) is 1. The van der Waals surface area contributed by atoms with Crippen LogP contribution in [0, 0.1) is 5.41 Å². The van der Waals surface area contributed by atoms with Gasteiger partial charge in [-0.2, -0.15) is 0 Å². The van der Waals surface area contributed by atoms with Gasteiger partial charge in [0.25, 0.3) is 17.4 Å². The lowest BCUT2D eigenvalue weighted by atomic mass is 9.77. The highest BCUT2D eigenvalue weighted by Crippen LogP contribution is 2.43. The quantitative estimate of drug-likeness (QED) is 0.157. The number of carbonyl (C=O) groups is 4. The molecule has 1 aliphatic carbocycles. The SMILES string of the molecule is CNC(=O)COc1cc2c(n(C)c1=O)C=CC(N=C(N)/C(Cl)=C\NC(C)N1CCC3(CCN(c4ccc5c(c4)CN(C4CCC(=O)NC4=O)C5=O)C3)CC1)C2. The zero-order valence-electron chi connectivity index (χ0n) is 31.4. The number of nitrogens with two attached hydrogens (primary N) is 1. The third-order valence-electron chi connectivity index (χ3n) is 11.8. The van der Waals surface area contributed by atoms with Gasteiger partial charge in [-0.1, -0.05) is 17.7 Å². The summed E-state index contributed by atoms with van der Waals surface area (Å²) in [5.41, 5.74) is 10.5. The smallest absolute Gasteiger partial charge is 0.293 e. The normalized spacial score (nSPS) is 23.1. The molecule has 1 aromatic carbocycles. The number of anilines is 1. The van der Waals surface area contributed by atoms with Crippen LogP contribution in [0.25, 0.3) is 6.08 Å². The second-order valence-electron chi connectivity index (χ2n) is 15.2. The van der Waals surface area contributed by atoms with E-state index >= 15 is 0 Å². The Morgan fingerprint density at radius 1 is 1.15 bits per heavy atom. The first-order chi connectivity index (χ1) is 26.3. The number of pyridine rings is 1. The summed E-state index contributed by atoms with van der Waals surface area (Å²) in [6, 6.07) is 6.74. The van der Waals surface area contributed by atoms with E-state index in [-0.39, 0.29) is 65.5 Å². The number of nitrogens with zero attached hydrogens (tertiary/aromatic N) is 5. The minimum absolute atomic E-state index is 0.0221. The molecular formula is C39H48ClN9O6. The lowest BCUT2D eigenvalue weighted by Crippen LogP contribution is -2.52. The number of likely N-dealkylation sites (tertiary alicyclic amines) is 1. The van der Waals surface area contributed by atoms with Gasteiger partial charge in [0.1, 0.15) is 11.9 Å². The minimum atomic E-state index is -0.618. The standard InChI is InChI=1S/C39H48ClN9O6/c1-23(43-19-29(40)35(41)44-26-4-7-30-24(16-26)18-32(38(54)46(30)3)55-21-34(51)42-2)47-13-10-39(11-14-47)12-15-48(22-39)27-5-6-28-25(17-27)20-49(37(28)53)31-8-9-33(50)45-36(31)52/h4-7,17-19,23,26,31,43H,8-16,20-22H2,1-3H3,(H2,41,44)(H,42,51)(H,45,50,52)/b29-19+. The summed E-state index contributed by atoms with van der Waals surface area (Å²) in [4.78, 5) is 72.7. The van der Waals surface area contributed by atoms with E-state index in [1.54, 1.807) is 24.2 Å². The summed E-state index contributed by atoms with van der Waals surface area (Å²) in [7, 11) is 3.17. The van der Waals surface area contributed by atoms with Crippen LogP contribution in [0.1, 0.15) is 66.2 Å². The number of amides is 4. The maximum Gasteiger partial charge on any atom is 0.293 e. The molecule has 16 heteroatoms. The molecule has 55 heavy (non-hydrogen) atoms. The van der Waals surface area contributed by atoms with Crippen LogP contribution in [-0.4, -0.2) is 102 Å². The number of likely N-dealkylation sites (N-methyl/N-ethyl adjacent to an activating group) is 1. The van der Waals surface area contributed by atoms with Crippen molar-refractivity contribution in [3.8, 4) is 5.75 Å². The van der Waals surface area contributed by atoms with Crippen molar-refractivity contribution in [1.82, 2.24) is 30.3 Å². The van der Waals surface area contributed by atoms with Gasteiger partial charge in [-0.15, -0.1) is 0 Å². The molecule has 3 unspecified atom stereocenters. The van der Waals surface area contributed by atoms with Gasteiger partial charge in [-0.05, 0) is 79.5 Å². The molecule has 5 N–H and O–H groups in total. The number of aromatic nitrogens is 1. The van der Waals surface area contributed by atoms with Gasteiger partial charge >= 0.3 is 0 Å². The fourth-order valence-electron chi connectivity index (χ4n) is 8.39. The molecule has 3 atom stereocenters. The molecule has 292 valence electrons. The Hall–Kier alpha value is -5.15. The van der Waals surface area contributed by atoms with Crippen LogP contribution in [0.15, 0.2) is 51.4 Å². The minimum Gasteiger partial charge on any atom is -0.478 e. The first-order valence-corrected chi connectivity index (χ1v) is 19.2. The molecule has 5 aliphatic rings. The fourth-order valence-corrected chi connectivity index (χ4v) is 8.50. The molecule has 2 aromatic rings. The van der Waals surface area contributed by atoms with E-state index in [0.29, 0.717) is 30.0 Å². The second kappa shape index (κ2) is 15.5. The zero-order chi connectivity index (χ0) is 39.0. The van der Waals surface area contributed by atoms with E-state index in [9.17, 15) is 24.0 Å². The number of nitrogens with one attached hydrogen (secondary N) is 3. The van der Waals surface area contributed by atoms with Crippen molar-refractivity contribution in [1.29, 1.82) is 0 Å². The highest BCUT2D eigenvalue weighted by atomic mass is 35.5. The van der Waals surface area contributed by atoms with Gasteiger partial charge in [-0.3, -0.25) is 39.2 Å². The average molecular weight is 774 g/mol. The van der Waals surface area contributed by atoms with Crippen LogP contribution < -0.4 is 36.9 Å². The number of benzene rings is 1. The summed E-state index contributed by atoms with van der Waals surface area (Å²) >= 11 is 6.60. The predicted octanol–water partition coefficient (Wildman–Crippen LogP) is 1.57. The van der Waals surface area contributed by atoms with Crippen LogP contribution in [-0.2, 0) is 34.4 Å². The number of amidine groups is 1. The monoisotopic (exact) mass is 773 g/mol. The molecule has 1 spiro atoms. The van der Waals surface area contributed by atoms with Crippen LogP contribution in [0.5, 0.6) is 5.75 Å². The Labute approximate surface area is 324 Å². The highest BCUT2D eigenvalue weighted by Gasteiger charge is 2.43. The van der Waals surface area contributed by atoms with E-state index < -0.39 is 11.9 Å². The maximum atomic E-state index is 13.2. The van der Waals surface area contributed by atoms with Gasteiger partial charge in [0, 0.05) is 82.8 Å². The van der Waals surface area contributed by atoms with Crippen molar-refractivity contribution in [3.05, 3.63) is 74.3 Å². The number of carbonyl (C=O) groups excluding carboxylic acids is 4. The molecule has 3 saturated heterocycles. The first kappa shape index (κ1) is 38.1. The molecule has 15 nitrogen and oxygen atoms in total. The Balaban J connectivity index is 0.904. The number of piperidine rings is 2. The molecule has 7 rings (SSSR count). The number of halogens is 1. The summed E-state index contributed by atoms with van der Waals surface area (Å²) in [5.74, 6) is -0.877. The summed E-state index contributed by atoms with van der Waals surface area (Å²) in [6.45, 7) is 5.98. The van der Waals surface area contributed by atoms with Crippen LogP contribution in [0.4, 0.5) is 5.69 Å². The van der Waals surface area contributed by atoms with Crippen molar-refractivity contribution in [2.24, 2.45) is 23.2 Å². The second-order valence-corrected chi connectivity index (χ2v) is 15.6. The van der Waals surface area contributed by atoms with Crippen molar-refractivity contribution in [2.45, 2.75) is 70.2 Å². The van der Waals surface area contributed by atoms with Crippen molar-refractivity contribution in [3.63, 3.8) is 0 Å². The lowest BCUT2D eigenvalue weighted by molar-refractivity contribution is -0.137. The Morgan fingerprint density at radius 3 is 2.65 bits per heavy atom. The van der Waals surface area contributed by atoms with Crippen LogP contribution in [0.3, 0.4) is 0 Å². The van der Waals surface area contributed by atoms with E-state index in [1.807, 2.05) is 24.3 Å². The Bertz CT molecular complexity index is 2050. The molecule has 0 saturated carbocycles. The molecule has 4 aliphatic heterocycles. The molecule has 5 heterocycles. The number of aliphatic imine (C=N–C) groups is 1. The third kappa shape index (κ3) is 7.85. The average Bonchev–Trinajstić information content (AvgIpc) is 3.74. The van der Waals surface area contributed by atoms with Crippen molar-refractivity contribution in [2.75, 3.05) is 44.7 Å². The van der Waals surface area contributed by atoms with Crippen LogP contribution >= 0.6 is 11.6 Å².